The molecule has 2 aromatic rings. The number of amides is 1. The van der Waals surface area contributed by atoms with E-state index in [1.807, 2.05) is 44.2 Å². The van der Waals surface area contributed by atoms with E-state index in [4.69, 9.17) is 21.7 Å². The molecule has 1 aliphatic rings. The predicted molar refractivity (Wildman–Crippen MR) is 129 cm³/mol. The fourth-order valence-corrected chi connectivity index (χ4v) is 3.98. The first-order valence-corrected chi connectivity index (χ1v) is 11.5. The van der Waals surface area contributed by atoms with E-state index in [1.54, 1.807) is 18.2 Å². The van der Waals surface area contributed by atoms with Crippen LogP contribution >= 0.6 is 12.2 Å². The molecule has 0 heterocycles. The van der Waals surface area contributed by atoms with Crippen LogP contribution in [0.2, 0.25) is 0 Å². The van der Waals surface area contributed by atoms with E-state index in [-0.39, 0.29) is 17.1 Å². The molecule has 2 aromatic carbocycles. The van der Waals surface area contributed by atoms with Crippen LogP contribution in [0.5, 0.6) is 11.5 Å². The summed E-state index contributed by atoms with van der Waals surface area (Å²) in [5.74, 6) is 2.03. The van der Waals surface area contributed by atoms with Crippen molar-refractivity contribution in [2.24, 2.45) is 5.92 Å². The van der Waals surface area contributed by atoms with Gasteiger partial charge in [-0.2, -0.15) is 0 Å². The zero-order valence-electron chi connectivity index (χ0n) is 18.4. The number of nitrogens with one attached hydrogen (secondary N) is 2. The van der Waals surface area contributed by atoms with Crippen LogP contribution < -0.4 is 20.1 Å². The van der Waals surface area contributed by atoms with Gasteiger partial charge in [0.2, 0.25) is 0 Å². The Morgan fingerprint density at radius 1 is 1.06 bits per heavy atom. The maximum Gasteiger partial charge on any atom is 0.257 e. The van der Waals surface area contributed by atoms with Crippen molar-refractivity contribution in [1.29, 1.82) is 0 Å². The van der Waals surface area contributed by atoms with E-state index in [0.717, 1.165) is 30.4 Å². The van der Waals surface area contributed by atoms with Crippen LogP contribution in [-0.4, -0.2) is 23.7 Å². The quantitative estimate of drug-likeness (QED) is 0.497. The summed E-state index contributed by atoms with van der Waals surface area (Å²) >= 11 is 5.28. The van der Waals surface area contributed by atoms with E-state index < -0.39 is 0 Å². The number of hydrogen-bond acceptors (Lipinski definition) is 4. The minimum atomic E-state index is -0.283. The summed E-state index contributed by atoms with van der Waals surface area (Å²) in [6, 6.07) is 14.7. The van der Waals surface area contributed by atoms with Crippen LogP contribution in [0.15, 0.2) is 48.5 Å². The minimum absolute atomic E-state index is 0.0419. The molecule has 0 atom stereocenters. The monoisotopic (exact) mass is 440 g/mol. The maximum atomic E-state index is 12.5. The van der Waals surface area contributed by atoms with Gasteiger partial charge in [0.25, 0.3) is 5.91 Å². The molecule has 0 saturated heterocycles. The van der Waals surface area contributed by atoms with Crippen molar-refractivity contribution in [2.45, 2.75) is 58.5 Å². The third-order valence-electron chi connectivity index (χ3n) is 5.33. The Bertz CT molecular complexity index is 861. The summed E-state index contributed by atoms with van der Waals surface area (Å²) in [5.41, 5.74) is 1.28. The van der Waals surface area contributed by atoms with Crippen molar-refractivity contribution in [2.75, 3.05) is 11.9 Å². The summed E-state index contributed by atoms with van der Waals surface area (Å²) in [7, 11) is 0. The smallest absolute Gasteiger partial charge is 0.257 e. The highest BCUT2D eigenvalue weighted by Gasteiger charge is 2.13. The van der Waals surface area contributed by atoms with Gasteiger partial charge in [0.05, 0.1) is 12.7 Å². The second-order valence-electron chi connectivity index (χ2n) is 8.27. The first-order valence-electron chi connectivity index (χ1n) is 11.1. The number of carbonyl (C=O) groups is 1. The van der Waals surface area contributed by atoms with Crippen LogP contribution in [0.3, 0.4) is 0 Å². The highest BCUT2D eigenvalue weighted by molar-refractivity contribution is 7.80. The number of ether oxygens (including phenoxy) is 2. The molecule has 1 amide bonds. The molecule has 1 fully saturated rings. The number of benzene rings is 2. The second kappa shape index (κ2) is 11.7. The van der Waals surface area contributed by atoms with E-state index >= 15 is 0 Å². The molecular weight excluding hydrogens is 408 g/mol. The lowest BCUT2D eigenvalue weighted by Crippen LogP contribution is -2.34. The molecule has 0 aliphatic heterocycles. The van der Waals surface area contributed by atoms with E-state index in [9.17, 15) is 4.79 Å². The van der Waals surface area contributed by atoms with Gasteiger partial charge in [-0.05, 0) is 80.9 Å². The fraction of sp³-hybridized carbons (Fsp3) is 0.440. The van der Waals surface area contributed by atoms with Crippen molar-refractivity contribution in [3.63, 3.8) is 0 Å². The molecule has 6 heteroatoms. The molecule has 0 bridgehead atoms. The standard InChI is InChI=1S/C25H32N2O3S/c1-18(2)30-23-10-6-9-20(17-23)24(28)27-25(31)26-21-11-13-22(14-12-21)29-16-15-19-7-4-3-5-8-19/h6,9-14,17-19H,3-5,7-8,15-16H2,1-2H3,(H2,26,27,28,31). The summed E-state index contributed by atoms with van der Waals surface area (Å²) in [6.07, 6.45) is 7.94. The lowest BCUT2D eigenvalue weighted by atomic mass is 9.87. The zero-order chi connectivity index (χ0) is 22.1. The van der Waals surface area contributed by atoms with Crippen LogP contribution in [0, 0.1) is 5.92 Å². The number of hydrogen-bond donors (Lipinski definition) is 2. The minimum Gasteiger partial charge on any atom is -0.494 e. The number of anilines is 1. The fourth-order valence-electron chi connectivity index (χ4n) is 3.77. The molecule has 0 spiro atoms. The Kier molecular flexibility index (Phi) is 8.71. The summed E-state index contributed by atoms with van der Waals surface area (Å²) < 4.78 is 11.5. The summed E-state index contributed by atoms with van der Waals surface area (Å²) in [4.78, 5) is 12.5. The van der Waals surface area contributed by atoms with Crippen molar-refractivity contribution >= 4 is 28.9 Å². The van der Waals surface area contributed by atoms with Gasteiger partial charge in [0.1, 0.15) is 11.5 Å². The molecule has 2 N–H and O–H groups in total. The van der Waals surface area contributed by atoms with Crippen LogP contribution in [-0.2, 0) is 0 Å². The molecule has 3 rings (SSSR count). The van der Waals surface area contributed by atoms with Gasteiger partial charge in [-0.3, -0.25) is 10.1 Å². The topological polar surface area (TPSA) is 59.6 Å². The van der Waals surface area contributed by atoms with Crippen LogP contribution in [0.25, 0.3) is 0 Å². The Morgan fingerprint density at radius 2 is 1.81 bits per heavy atom. The van der Waals surface area contributed by atoms with Gasteiger partial charge in [-0.15, -0.1) is 0 Å². The molecule has 1 aliphatic carbocycles. The summed E-state index contributed by atoms with van der Waals surface area (Å²) in [5, 5.41) is 5.98. The molecule has 5 nitrogen and oxygen atoms in total. The largest absolute Gasteiger partial charge is 0.494 e. The van der Waals surface area contributed by atoms with E-state index in [2.05, 4.69) is 10.6 Å². The van der Waals surface area contributed by atoms with Gasteiger partial charge >= 0.3 is 0 Å². The van der Waals surface area contributed by atoms with Gasteiger partial charge < -0.3 is 14.8 Å². The first-order chi connectivity index (χ1) is 15.0. The van der Waals surface area contributed by atoms with Gasteiger partial charge in [-0.25, -0.2) is 0 Å². The molecule has 0 aromatic heterocycles. The molecular formula is C25H32N2O3S. The highest BCUT2D eigenvalue weighted by Crippen LogP contribution is 2.26. The Balaban J connectivity index is 1.44. The van der Waals surface area contributed by atoms with Crippen molar-refractivity contribution in [1.82, 2.24) is 5.32 Å². The maximum absolute atomic E-state index is 12.5. The SMILES string of the molecule is CC(C)Oc1cccc(C(=O)NC(=S)Nc2ccc(OCCC3CCCCC3)cc2)c1. The first kappa shape index (κ1) is 23.1. The van der Waals surface area contributed by atoms with Crippen molar-refractivity contribution < 1.29 is 14.3 Å². The third-order valence-corrected chi connectivity index (χ3v) is 5.53. The van der Waals surface area contributed by atoms with Gasteiger partial charge in [-0.1, -0.05) is 38.2 Å². The van der Waals surface area contributed by atoms with Crippen molar-refractivity contribution in [3.05, 3.63) is 54.1 Å². The highest BCUT2D eigenvalue weighted by atomic mass is 32.1. The Hall–Kier alpha value is -2.60. The molecule has 31 heavy (non-hydrogen) atoms. The van der Waals surface area contributed by atoms with E-state index in [1.165, 1.54) is 32.1 Å². The third kappa shape index (κ3) is 7.87. The zero-order valence-corrected chi connectivity index (χ0v) is 19.2. The van der Waals surface area contributed by atoms with E-state index in [0.29, 0.717) is 11.3 Å². The number of thiocarbonyl (C=S) groups is 1. The summed E-state index contributed by atoms with van der Waals surface area (Å²) in [6.45, 7) is 4.64. The average molecular weight is 441 g/mol. The molecule has 0 unspecified atom stereocenters. The molecule has 1 saturated carbocycles. The Morgan fingerprint density at radius 3 is 2.52 bits per heavy atom. The number of rotatable bonds is 8. The molecule has 0 radical (unpaired) electrons. The van der Waals surface area contributed by atoms with Crippen LogP contribution in [0.1, 0.15) is 62.7 Å². The van der Waals surface area contributed by atoms with Crippen LogP contribution in [0.4, 0.5) is 5.69 Å². The van der Waals surface area contributed by atoms with Gasteiger partial charge in [0.15, 0.2) is 5.11 Å². The van der Waals surface area contributed by atoms with Crippen molar-refractivity contribution in [3.8, 4) is 11.5 Å². The Labute approximate surface area is 190 Å². The normalized spacial score (nSPS) is 14.2. The number of carbonyl (C=O) groups excluding carboxylic acids is 1. The van der Waals surface area contributed by atoms with Gasteiger partial charge in [0, 0.05) is 11.3 Å². The average Bonchev–Trinajstić information content (AvgIpc) is 2.75. The molecule has 166 valence electrons. The lowest BCUT2D eigenvalue weighted by Gasteiger charge is -2.21. The second-order valence-corrected chi connectivity index (χ2v) is 8.68. The lowest BCUT2D eigenvalue weighted by molar-refractivity contribution is 0.0977. The predicted octanol–water partition coefficient (Wildman–Crippen LogP) is 5.95.